The number of aromatic nitrogens is 2. The molecule has 0 bridgehead atoms. The van der Waals surface area contributed by atoms with Gasteiger partial charge in [-0.15, -0.1) is 0 Å². The quantitative estimate of drug-likeness (QED) is 0.602. The first-order chi connectivity index (χ1) is 15.5. The van der Waals surface area contributed by atoms with E-state index in [-0.39, 0.29) is 11.7 Å². The number of carbonyl (C=O) groups is 1. The van der Waals surface area contributed by atoms with E-state index < -0.39 is 0 Å². The Labute approximate surface area is 185 Å². The van der Waals surface area contributed by atoms with Crippen molar-refractivity contribution in [3.8, 4) is 11.4 Å². The van der Waals surface area contributed by atoms with Gasteiger partial charge in [-0.2, -0.15) is 0 Å². The number of rotatable bonds is 6. The predicted molar refractivity (Wildman–Crippen MR) is 121 cm³/mol. The Hall–Kier alpha value is -3.94. The smallest absolute Gasteiger partial charge is 0.277 e. The topological polar surface area (TPSA) is 71.7 Å². The number of nitrogens with zero attached hydrogens (tertiary/aromatic N) is 4. The summed E-state index contributed by atoms with van der Waals surface area (Å²) >= 11 is 0. The second kappa shape index (κ2) is 9.05. The van der Waals surface area contributed by atoms with Crippen molar-refractivity contribution in [1.29, 1.82) is 0 Å². The number of nitrogens with one attached hydrogen (secondary N) is 1. The number of carbonyl (C=O) groups excluding carboxylic acids is 1. The van der Waals surface area contributed by atoms with Crippen molar-refractivity contribution >= 4 is 17.9 Å². The number of imidazole rings is 1. The third-order valence-electron chi connectivity index (χ3n) is 5.04. The third kappa shape index (κ3) is 4.39. The molecule has 1 aromatic heterocycles. The first-order valence-corrected chi connectivity index (χ1v) is 10.3. The van der Waals surface area contributed by atoms with Crippen LogP contribution in [0.1, 0.15) is 23.7 Å². The Balaban J connectivity index is 1.62. The van der Waals surface area contributed by atoms with E-state index in [1.165, 1.54) is 12.1 Å². The van der Waals surface area contributed by atoms with Crippen LogP contribution in [0.25, 0.3) is 11.8 Å². The highest BCUT2D eigenvalue weighted by atomic mass is 19.1. The first-order valence-electron chi connectivity index (χ1n) is 10.3. The molecule has 8 heteroatoms. The average molecular weight is 433 g/mol. The van der Waals surface area contributed by atoms with Crippen molar-refractivity contribution in [2.24, 2.45) is 4.99 Å². The molecule has 1 N–H and O–H groups in total. The molecule has 164 valence electrons. The maximum Gasteiger partial charge on any atom is 0.277 e. The fourth-order valence-electron chi connectivity index (χ4n) is 3.49. The van der Waals surface area contributed by atoms with E-state index in [9.17, 15) is 9.18 Å². The standard InChI is InChI=1S/C24H24FN5O2/c1-4-26-24-28-20(23(31)30(24)14-17-5-8-19(25)9-6-17)11-18-7-10-21(22(12-18)32-3)29-13-16(2)27-15-29/h5-13,15H,4,14H2,1-3H3,(H,26,28)/b20-11-. The van der Waals surface area contributed by atoms with Crippen molar-refractivity contribution in [1.82, 2.24) is 19.8 Å². The van der Waals surface area contributed by atoms with Gasteiger partial charge in [0, 0.05) is 12.7 Å². The second-order valence-corrected chi connectivity index (χ2v) is 7.35. The summed E-state index contributed by atoms with van der Waals surface area (Å²) in [5, 5.41) is 3.12. The van der Waals surface area contributed by atoms with Gasteiger partial charge in [-0.25, -0.2) is 9.37 Å². The Bertz CT molecular complexity index is 1200. The molecule has 4 rings (SSSR count). The van der Waals surface area contributed by atoms with Crippen molar-refractivity contribution in [2.45, 2.75) is 20.4 Å². The zero-order valence-electron chi connectivity index (χ0n) is 18.2. The number of aliphatic imine (C=N–C) groups is 1. The molecule has 0 saturated carbocycles. The molecular formula is C24H24FN5O2. The number of amides is 1. The first kappa shape index (κ1) is 21.3. The van der Waals surface area contributed by atoms with E-state index >= 15 is 0 Å². The van der Waals surface area contributed by atoms with Gasteiger partial charge in [0.25, 0.3) is 5.91 Å². The van der Waals surface area contributed by atoms with Gasteiger partial charge in [-0.1, -0.05) is 18.2 Å². The molecule has 32 heavy (non-hydrogen) atoms. The van der Waals surface area contributed by atoms with Crippen LogP contribution in [0.15, 0.2) is 65.7 Å². The Morgan fingerprint density at radius 3 is 2.66 bits per heavy atom. The van der Waals surface area contributed by atoms with E-state index in [2.05, 4.69) is 15.3 Å². The molecule has 1 aliphatic heterocycles. The fraction of sp³-hybridized carbons (Fsp3) is 0.208. The zero-order chi connectivity index (χ0) is 22.7. The van der Waals surface area contributed by atoms with Crippen LogP contribution in [0.2, 0.25) is 0 Å². The van der Waals surface area contributed by atoms with Crippen LogP contribution in [0.3, 0.4) is 0 Å². The predicted octanol–water partition coefficient (Wildman–Crippen LogP) is 3.68. The summed E-state index contributed by atoms with van der Waals surface area (Å²) < 4.78 is 20.7. The second-order valence-electron chi connectivity index (χ2n) is 7.35. The number of aryl methyl sites for hydroxylation is 1. The molecule has 0 aliphatic carbocycles. The lowest BCUT2D eigenvalue weighted by Crippen LogP contribution is -2.32. The number of benzene rings is 2. The van der Waals surface area contributed by atoms with Crippen LogP contribution in [-0.4, -0.2) is 40.0 Å². The van der Waals surface area contributed by atoms with Gasteiger partial charge < -0.3 is 14.6 Å². The van der Waals surface area contributed by atoms with Gasteiger partial charge in [0.2, 0.25) is 5.96 Å². The normalized spacial score (nSPS) is 16.1. The number of ether oxygens (including phenoxy) is 1. The molecule has 1 fully saturated rings. The van der Waals surface area contributed by atoms with Crippen molar-refractivity contribution < 1.29 is 13.9 Å². The summed E-state index contributed by atoms with van der Waals surface area (Å²) in [6.45, 7) is 4.64. The molecule has 0 unspecified atom stereocenters. The molecule has 0 atom stereocenters. The minimum atomic E-state index is -0.314. The molecule has 2 heterocycles. The number of guanidine groups is 1. The van der Waals surface area contributed by atoms with Crippen molar-refractivity contribution in [3.05, 3.63) is 83.3 Å². The molecule has 2 aromatic carbocycles. The summed E-state index contributed by atoms with van der Waals surface area (Å²) in [5.41, 5.74) is 3.79. The highest BCUT2D eigenvalue weighted by Crippen LogP contribution is 2.26. The van der Waals surface area contributed by atoms with Crippen LogP contribution < -0.4 is 10.1 Å². The summed E-state index contributed by atoms with van der Waals surface area (Å²) in [5.74, 6) is 0.624. The molecule has 0 spiro atoms. The summed E-state index contributed by atoms with van der Waals surface area (Å²) in [4.78, 5) is 23.3. The van der Waals surface area contributed by atoms with E-state index in [1.807, 2.05) is 42.8 Å². The number of hydrogen-bond acceptors (Lipinski definition) is 4. The zero-order valence-corrected chi connectivity index (χ0v) is 18.2. The fourth-order valence-corrected chi connectivity index (χ4v) is 3.49. The van der Waals surface area contributed by atoms with Gasteiger partial charge in [-0.3, -0.25) is 14.7 Å². The molecular weight excluding hydrogens is 409 g/mol. The minimum Gasteiger partial charge on any atom is -0.495 e. The summed E-state index contributed by atoms with van der Waals surface area (Å²) in [7, 11) is 1.61. The van der Waals surface area contributed by atoms with E-state index in [1.54, 1.807) is 36.5 Å². The minimum absolute atomic E-state index is 0.199. The summed E-state index contributed by atoms with van der Waals surface area (Å²) in [6, 6.07) is 11.8. The molecule has 1 saturated heterocycles. The Morgan fingerprint density at radius 1 is 1.22 bits per heavy atom. The lowest BCUT2D eigenvalue weighted by molar-refractivity contribution is -0.122. The van der Waals surface area contributed by atoms with Crippen molar-refractivity contribution in [3.63, 3.8) is 0 Å². The Kier molecular flexibility index (Phi) is 6.02. The monoisotopic (exact) mass is 433 g/mol. The lowest BCUT2D eigenvalue weighted by atomic mass is 10.1. The Morgan fingerprint density at radius 2 is 2.00 bits per heavy atom. The van der Waals surface area contributed by atoms with Gasteiger partial charge in [0.1, 0.15) is 17.3 Å². The van der Waals surface area contributed by atoms with E-state index in [0.717, 1.165) is 22.5 Å². The maximum absolute atomic E-state index is 13.2. The van der Waals surface area contributed by atoms with Crippen molar-refractivity contribution in [2.75, 3.05) is 13.7 Å². The SMILES string of the molecule is CC/N=C1\N/C(=C\c2ccc(-n3cnc(C)c3)c(OC)c2)C(=O)N1Cc1ccc(F)cc1. The third-order valence-corrected chi connectivity index (χ3v) is 5.04. The van der Waals surface area contributed by atoms with E-state index in [4.69, 9.17) is 4.74 Å². The van der Waals surface area contributed by atoms with Crippen LogP contribution in [0.5, 0.6) is 5.75 Å². The van der Waals surface area contributed by atoms with Crippen LogP contribution in [0.4, 0.5) is 4.39 Å². The number of hydrogen-bond donors (Lipinski definition) is 1. The molecule has 0 radical (unpaired) electrons. The van der Waals surface area contributed by atoms with Crippen LogP contribution >= 0.6 is 0 Å². The van der Waals surface area contributed by atoms with Gasteiger partial charge in [-0.05, 0) is 55.3 Å². The summed E-state index contributed by atoms with van der Waals surface area (Å²) in [6.07, 6.45) is 5.41. The molecule has 7 nitrogen and oxygen atoms in total. The lowest BCUT2D eigenvalue weighted by Gasteiger charge is -2.15. The van der Waals surface area contributed by atoms with Gasteiger partial charge in [0.15, 0.2) is 0 Å². The maximum atomic E-state index is 13.2. The number of halogens is 1. The van der Waals surface area contributed by atoms with Crippen LogP contribution in [0, 0.1) is 12.7 Å². The van der Waals surface area contributed by atoms with Gasteiger partial charge in [0.05, 0.1) is 31.4 Å². The largest absolute Gasteiger partial charge is 0.495 e. The highest BCUT2D eigenvalue weighted by Gasteiger charge is 2.31. The highest BCUT2D eigenvalue weighted by molar-refractivity contribution is 6.15. The van der Waals surface area contributed by atoms with Gasteiger partial charge >= 0.3 is 0 Å². The molecule has 1 aliphatic rings. The average Bonchev–Trinajstić information content (AvgIpc) is 3.34. The van der Waals surface area contributed by atoms with Crippen LogP contribution in [-0.2, 0) is 11.3 Å². The molecule has 1 amide bonds. The number of methoxy groups -OCH3 is 1. The molecule has 3 aromatic rings. The van der Waals surface area contributed by atoms with E-state index in [0.29, 0.717) is 30.5 Å².